The van der Waals surface area contributed by atoms with E-state index in [1.54, 1.807) is 0 Å². The van der Waals surface area contributed by atoms with Gasteiger partial charge >= 0.3 is 6.03 Å². The number of hydrogen-bond donors (Lipinski definition) is 3. The monoisotopic (exact) mass is 324 g/mol. The van der Waals surface area contributed by atoms with Crippen LogP contribution in [0.2, 0.25) is 0 Å². The molecule has 23 heavy (non-hydrogen) atoms. The van der Waals surface area contributed by atoms with Crippen LogP contribution in [0.15, 0.2) is 24.9 Å². The molecule has 0 aromatic carbocycles. The van der Waals surface area contributed by atoms with Gasteiger partial charge in [-0.15, -0.1) is 6.58 Å². The summed E-state index contributed by atoms with van der Waals surface area (Å²) in [6, 6.07) is -0.707. The molecule has 2 aliphatic rings. The van der Waals surface area contributed by atoms with Crippen molar-refractivity contribution in [1.29, 1.82) is 0 Å². The maximum Gasteiger partial charge on any atom is 0.331 e. The normalized spacial score (nSPS) is 22.9. The predicted molar refractivity (Wildman–Crippen MR) is 81.3 cm³/mol. The van der Waals surface area contributed by atoms with E-state index in [9.17, 15) is 14.4 Å². The molecule has 2 heterocycles. The third-order valence-corrected chi connectivity index (χ3v) is 4.04. The van der Waals surface area contributed by atoms with Crippen molar-refractivity contribution in [2.45, 2.75) is 0 Å². The number of nitrogens with one attached hydrogen (secondary N) is 2. The van der Waals surface area contributed by atoms with Crippen LogP contribution in [0.3, 0.4) is 0 Å². The first-order chi connectivity index (χ1) is 11.0. The molecule has 0 aliphatic carbocycles. The molecule has 0 unspecified atom stereocenters. The van der Waals surface area contributed by atoms with Crippen molar-refractivity contribution in [3.05, 3.63) is 24.9 Å². The van der Waals surface area contributed by atoms with Gasteiger partial charge in [0, 0.05) is 6.54 Å². The number of carbonyl (C=O) groups excluding carboxylic acids is 3. The van der Waals surface area contributed by atoms with E-state index >= 15 is 0 Å². The van der Waals surface area contributed by atoms with E-state index in [1.807, 2.05) is 5.32 Å². The van der Waals surface area contributed by atoms with Gasteiger partial charge in [0.2, 0.25) is 0 Å². The number of quaternary nitrogens is 2. The molecule has 0 aromatic rings. The number of imide groups is 2. The number of nitrogens with two attached hydrogens (primary N) is 1. The Morgan fingerprint density at radius 1 is 1.39 bits per heavy atom. The van der Waals surface area contributed by atoms with E-state index in [0.717, 1.165) is 44.3 Å². The van der Waals surface area contributed by atoms with E-state index in [2.05, 4.69) is 18.5 Å². The number of nitrogens with zero attached hydrogens (tertiary/aromatic N) is 1. The molecule has 2 fully saturated rings. The molecule has 1 atom stereocenters. The maximum absolute atomic E-state index is 12.3. The number of morpholine rings is 1. The smallest absolute Gasteiger partial charge is 0.331 e. The van der Waals surface area contributed by atoms with Gasteiger partial charge < -0.3 is 15.0 Å². The third kappa shape index (κ3) is 4.25. The highest BCUT2D eigenvalue weighted by Crippen LogP contribution is 2.13. The molecule has 0 bridgehead atoms. The SMILES string of the molecule is C=CCN1C(=O)NC(=O)[C@@H](C(=C)[NH2+]CC[NH+]2CCOCC2)C1=O. The summed E-state index contributed by atoms with van der Waals surface area (Å²) in [5.41, 5.74) is 0.432. The molecule has 4 N–H and O–H groups in total. The molecule has 0 spiro atoms. The summed E-state index contributed by atoms with van der Waals surface area (Å²) in [6.45, 7) is 12.5. The topological polar surface area (TPSA) is 96.8 Å². The zero-order valence-electron chi connectivity index (χ0n) is 13.2. The molecule has 2 saturated heterocycles. The molecular weight excluding hydrogens is 300 g/mol. The standard InChI is InChI=1S/C15H22N4O4/c1-3-5-19-14(21)12(13(20)17-15(19)22)11(2)16-4-6-18-7-9-23-10-8-18/h3,12,16H,1-2,4-10H2,(H,17,20,22)/p+2/t12-/m1/s1. The van der Waals surface area contributed by atoms with Crippen LogP contribution in [0, 0.1) is 5.92 Å². The van der Waals surface area contributed by atoms with Crippen LogP contribution in [0.4, 0.5) is 4.79 Å². The van der Waals surface area contributed by atoms with Crippen molar-refractivity contribution in [3.8, 4) is 0 Å². The molecule has 0 saturated carbocycles. The second-order valence-corrected chi connectivity index (χ2v) is 5.65. The fourth-order valence-corrected chi connectivity index (χ4v) is 2.73. The first kappa shape index (κ1) is 17.3. The van der Waals surface area contributed by atoms with E-state index < -0.39 is 23.8 Å². The molecule has 0 aromatic heterocycles. The van der Waals surface area contributed by atoms with Crippen LogP contribution in [0.5, 0.6) is 0 Å². The zero-order chi connectivity index (χ0) is 16.8. The minimum Gasteiger partial charge on any atom is -0.370 e. The maximum atomic E-state index is 12.3. The van der Waals surface area contributed by atoms with Gasteiger partial charge in [0.15, 0.2) is 5.92 Å². The average molecular weight is 324 g/mol. The molecule has 4 amide bonds. The fourth-order valence-electron chi connectivity index (χ4n) is 2.73. The van der Waals surface area contributed by atoms with Gasteiger partial charge in [-0.3, -0.25) is 19.8 Å². The fraction of sp³-hybridized carbons (Fsp3) is 0.533. The Bertz CT molecular complexity index is 514. The van der Waals surface area contributed by atoms with Crippen LogP contribution >= 0.6 is 0 Å². The zero-order valence-corrected chi connectivity index (χ0v) is 13.2. The van der Waals surface area contributed by atoms with Gasteiger partial charge in [-0.1, -0.05) is 6.08 Å². The molecule has 126 valence electrons. The van der Waals surface area contributed by atoms with Gasteiger partial charge in [0.25, 0.3) is 11.8 Å². The van der Waals surface area contributed by atoms with Gasteiger partial charge in [0.05, 0.1) is 13.2 Å². The van der Waals surface area contributed by atoms with Crippen LogP contribution in [-0.2, 0) is 14.3 Å². The second kappa shape index (κ2) is 8.00. The van der Waals surface area contributed by atoms with Crippen molar-refractivity contribution >= 4 is 17.8 Å². The highest BCUT2D eigenvalue weighted by molar-refractivity contribution is 6.17. The molecule has 8 heteroatoms. The summed E-state index contributed by atoms with van der Waals surface area (Å²) >= 11 is 0. The number of carbonyl (C=O) groups is 3. The summed E-state index contributed by atoms with van der Waals surface area (Å²) in [6.07, 6.45) is 1.44. The van der Waals surface area contributed by atoms with Gasteiger partial charge in [-0.05, 0) is 6.58 Å². The van der Waals surface area contributed by atoms with Crippen LogP contribution < -0.4 is 15.5 Å². The van der Waals surface area contributed by atoms with Crippen molar-refractivity contribution in [2.24, 2.45) is 5.92 Å². The minimum absolute atomic E-state index is 0.0691. The van der Waals surface area contributed by atoms with Crippen molar-refractivity contribution in [2.75, 3.05) is 45.9 Å². The van der Waals surface area contributed by atoms with Gasteiger partial charge in [0.1, 0.15) is 31.9 Å². The van der Waals surface area contributed by atoms with Gasteiger partial charge in [-0.25, -0.2) is 4.79 Å². The van der Waals surface area contributed by atoms with Crippen molar-refractivity contribution in [1.82, 2.24) is 10.2 Å². The Hall–Kier alpha value is -2.03. The molecule has 0 radical (unpaired) electrons. The first-order valence-electron chi connectivity index (χ1n) is 7.75. The Morgan fingerprint density at radius 3 is 2.74 bits per heavy atom. The largest absolute Gasteiger partial charge is 0.370 e. The van der Waals surface area contributed by atoms with Crippen LogP contribution in [-0.4, -0.2) is 68.7 Å². The second-order valence-electron chi connectivity index (χ2n) is 5.65. The Kier molecular flexibility index (Phi) is 6.03. The summed E-state index contributed by atoms with van der Waals surface area (Å²) in [7, 11) is 0. The number of barbiturate groups is 1. The number of rotatable bonds is 7. The highest BCUT2D eigenvalue weighted by atomic mass is 16.5. The number of urea groups is 1. The summed E-state index contributed by atoms with van der Waals surface area (Å²) in [5.74, 6) is -2.19. The highest BCUT2D eigenvalue weighted by Gasteiger charge is 2.43. The Morgan fingerprint density at radius 2 is 2.09 bits per heavy atom. The van der Waals surface area contributed by atoms with Crippen LogP contribution in [0.25, 0.3) is 0 Å². The lowest BCUT2D eigenvalue weighted by Gasteiger charge is -2.29. The quantitative estimate of drug-likeness (QED) is 0.341. The van der Waals surface area contributed by atoms with Crippen LogP contribution in [0.1, 0.15) is 0 Å². The molecular formula is C15H24N4O4+2. The van der Waals surface area contributed by atoms with Crippen molar-refractivity contribution < 1.29 is 29.3 Å². The minimum atomic E-state index is -1.03. The van der Waals surface area contributed by atoms with E-state index in [-0.39, 0.29) is 6.54 Å². The predicted octanol–water partition coefficient (Wildman–Crippen LogP) is -3.14. The summed E-state index contributed by atoms with van der Waals surface area (Å²) in [5, 5.41) is 4.00. The lowest BCUT2D eigenvalue weighted by Crippen LogP contribution is -3.16. The number of hydrogen-bond acceptors (Lipinski definition) is 4. The summed E-state index contributed by atoms with van der Waals surface area (Å²) < 4.78 is 5.30. The number of ether oxygens (including phenoxy) is 1. The number of amides is 4. The van der Waals surface area contributed by atoms with Gasteiger partial charge in [-0.2, -0.15) is 0 Å². The van der Waals surface area contributed by atoms with E-state index in [0.29, 0.717) is 5.70 Å². The lowest BCUT2D eigenvalue weighted by molar-refractivity contribution is -0.917. The molecule has 2 aliphatic heterocycles. The van der Waals surface area contributed by atoms with E-state index in [1.165, 1.54) is 11.0 Å². The summed E-state index contributed by atoms with van der Waals surface area (Å²) in [4.78, 5) is 38.4. The third-order valence-electron chi connectivity index (χ3n) is 4.04. The average Bonchev–Trinajstić information content (AvgIpc) is 2.52. The molecule has 8 nitrogen and oxygen atoms in total. The lowest BCUT2D eigenvalue weighted by atomic mass is 10.0. The molecule has 2 rings (SSSR count). The van der Waals surface area contributed by atoms with E-state index in [4.69, 9.17) is 4.74 Å². The van der Waals surface area contributed by atoms with Crippen molar-refractivity contribution in [3.63, 3.8) is 0 Å². The Labute approximate surface area is 135 Å². The first-order valence-corrected chi connectivity index (χ1v) is 7.75. The Balaban J connectivity index is 1.88.